The normalized spacial score (nSPS) is 22.7. The van der Waals surface area contributed by atoms with Crippen LogP contribution in [0.15, 0.2) is 36.5 Å². The van der Waals surface area contributed by atoms with Gasteiger partial charge in [-0.05, 0) is 69.2 Å². The molecule has 200 valence electrons. The van der Waals surface area contributed by atoms with Gasteiger partial charge < -0.3 is 19.3 Å². The molecule has 1 atom stereocenters. The third-order valence-corrected chi connectivity index (χ3v) is 8.51. The number of rotatable bonds is 3. The molecular weight excluding hydrogens is 468 g/mol. The fraction of sp³-hybridized carbons (Fsp3) is 0.621. The first kappa shape index (κ1) is 25.8. The molecule has 5 rings (SSSR count). The van der Waals surface area contributed by atoms with Crippen molar-refractivity contribution in [2.75, 3.05) is 39.5 Å². The predicted molar refractivity (Wildman–Crippen MR) is 140 cm³/mol. The van der Waals surface area contributed by atoms with Gasteiger partial charge in [0.15, 0.2) is 0 Å². The second-order valence-corrected chi connectivity index (χ2v) is 11.0. The average Bonchev–Trinajstić information content (AvgIpc) is 3.56. The van der Waals surface area contributed by atoms with Crippen molar-refractivity contribution in [2.45, 2.75) is 63.8 Å². The molecule has 0 unspecified atom stereocenters. The lowest BCUT2D eigenvalue weighted by Crippen LogP contribution is -2.45. The maximum Gasteiger partial charge on any atom is 0.254 e. The molecule has 0 radical (unpaired) electrons. The van der Waals surface area contributed by atoms with Gasteiger partial charge in [0.25, 0.3) is 5.91 Å². The van der Waals surface area contributed by atoms with Gasteiger partial charge in [-0.1, -0.05) is 12.5 Å². The molecule has 37 heavy (non-hydrogen) atoms. The molecule has 1 aromatic carbocycles. The first-order valence-electron chi connectivity index (χ1n) is 13.9. The van der Waals surface area contributed by atoms with Gasteiger partial charge in [-0.2, -0.15) is 5.10 Å². The molecule has 1 aromatic heterocycles. The fourth-order valence-electron chi connectivity index (χ4n) is 6.06. The number of carbonyl (C=O) groups excluding carboxylic acids is 2. The Morgan fingerprint density at radius 2 is 1.97 bits per heavy atom. The van der Waals surface area contributed by atoms with Crippen LogP contribution in [-0.4, -0.2) is 76.9 Å². The van der Waals surface area contributed by atoms with Crippen LogP contribution in [0.25, 0.3) is 0 Å². The minimum Gasteiger partial charge on any atom is -0.493 e. The number of piperidine rings is 1. The molecule has 0 aliphatic carbocycles. The SMILES string of the molecule is Cn1nccc1CCC(=O)N1CCC2(CCCCOC[C@@H]3CCCN3C(=O)c3cccc(c3)OC2)CC1. The number of likely N-dealkylation sites (tertiary alicyclic amines) is 1. The lowest BCUT2D eigenvalue weighted by atomic mass is 9.75. The number of hydrogen-bond acceptors (Lipinski definition) is 5. The van der Waals surface area contributed by atoms with Gasteiger partial charge in [-0.25, -0.2) is 0 Å². The number of carbonyl (C=O) groups is 2. The highest BCUT2D eigenvalue weighted by molar-refractivity contribution is 5.95. The minimum atomic E-state index is 0.0268. The molecule has 3 aliphatic rings. The Kier molecular flexibility index (Phi) is 8.13. The van der Waals surface area contributed by atoms with Crippen molar-refractivity contribution < 1.29 is 19.1 Å². The van der Waals surface area contributed by atoms with E-state index < -0.39 is 0 Å². The number of fused-ring (bicyclic) bond motifs is 3. The van der Waals surface area contributed by atoms with Crippen LogP contribution < -0.4 is 4.74 Å². The summed E-state index contributed by atoms with van der Waals surface area (Å²) in [7, 11) is 1.92. The third-order valence-electron chi connectivity index (χ3n) is 8.51. The van der Waals surface area contributed by atoms with Crippen molar-refractivity contribution in [1.29, 1.82) is 0 Å². The Hall–Kier alpha value is -2.87. The Bertz CT molecular complexity index is 1080. The Morgan fingerprint density at radius 1 is 1.11 bits per heavy atom. The van der Waals surface area contributed by atoms with Crippen LogP contribution >= 0.6 is 0 Å². The van der Waals surface area contributed by atoms with E-state index in [1.54, 1.807) is 6.20 Å². The number of hydrogen-bond donors (Lipinski definition) is 0. The van der Waals surface area contributed by atoms with Crippen LogP contribution in [0.4, 0.5) is 0 Å². The second-order valence-electron chi connectivity index (χ2n) is 11.0. The third kappa shape index (κ3) is 6.17. The minimum absolute atomic E-state index is 0.0268. The van der Waals surface area contributed by atoms with Gasteiger partial charge in [-0.3, -0.25) is 14.3 Å². The number of benzene rings is 1. The van der Waals surface area contributed by atoms with Crippen molar-refractivity contribution in [3.63, 3.8) is 0 Å². The van der Waals surface area contributed by atoms with Crippen molar-refractivity contribution >= 4 is 11.8 Å². The molecule has 0 saturated carbocycles. The monoisotopic (exact) mass is 508 g/mol. The van der Waals surface area contributed by atoms with E-state index >= 15 is 0 Å². The number of amides is 2. The van der Waals surface area contributed by atoms with Gasteiger partial charge in [0.1, 0.15) is 5.75 Å². The molecular formula is C29H40N4O4. The Morgan fingerprint density at radius 3 is 2.78 bits per heavy atom. The van der Waals surface area contributed by atoms with Crippen LogP contribution in [-0.2, 0) is 23.0 Å². The van der Waals surface area contributed by atoms with E-state index in [0.29, 0.717) is 31.6 Å². The van der Waals surface area contributed by atoms with Crippen LogP contribution in [0.5, 0.6) is 5.75 Å². The van der Waals surface area contributed by atoms with Crippen molar-refractivity contribution in [2.24, 2.45) is 12.5 Å². The van der Waals surface area contributed by atoms with Gasteiger partial charge in [0.05, 0.1) is 19.3 Å². The van der Waals surface area contributed by atoms with Gasteiger partial charge in [0, 0.05) is 62.6 Å². The summed E-state index contributed by atoms with van der Waals surface area (Å²) in [6, 6.07) is 9.77. The summed E-state index contributed by atoms with van der Waals surface area (Å²) in [6.07, 6.45) is 10.0. The zero-order valence-corrected chi connectivity index (χ0v) is 22.1. The van der Waals surface area contributed by atoms with Crippen LogP contribution in [0, 0.1) is 5.41 Å². The van der Waals surface area contributed by atoms with Crippen LogP contribution in [0.2, 0.25) is 0 Å². The van der Waals surface area contributed by atoms with E-state index in [9.17, 15) is 9.59 Å². The zero-order chi connectivity index (χ0) is 25.7. The molecule has 2 bridgehead atoms. The average molecular weight is 509 g/mol. The van der Waals surface area contributed by atoms with E-state index in [4.69, 9.17) is 9.47 Å². The summed E-state index contributed by atoms with van der Waals surface area (Å²) in [5, 5.41) is 4.20. The highest BCUT2D eigenvalue weighted by atomic mass is 16.5. The summed E-state index contributed by atoms with van der Waals surface area (Å²) >= 11 is 0. The number of ether oxygens (including phenoxy) is 2. The molecule has 2 saturated heterocycles. The van der Waals surface area contributed by atoms with Crippen LogP contribution in [0.3, 0.4) is 0 Å². The van der Waals surface area contributed by atoms with Crippen molar-refractivity contribution in [1.82, 2.24) is 19.6 Å². The maximum atomic E-state index is 13.2. The molecule has 4 heterocycles. The summed E-state index contributed by atoms with van der Waals surface area (Å²) in [6.45, 7) is 4.26. The van der Waals surface area contributed by atoms with Crippen molar-refractivity contribution in [3.05, 3.63) is 47.8 Å². The molecule has 2 aromatic rings. The number of nitrogens with zero attached hydrogens (tertiary/aromatic N) is 4. The lowest BCUT2D eigenvalue weighted by Gasteiger charge is -2.42. The van der Waals surface area contributed by atoms with Gasteiger partial charge >= 0.3 is 0 Å². The highest BCUT2D eigenvalue weighted by Gasteiger charge is 2.37. The van der Waals surface area contributed by atoms with Crippen LogP contribution in [0.1, 0.15) is 67.4 Å². The summed E-state index contributed by atoms with van der Waals surface area (Å²) in [5.41, 5.74) is 1.79. The molecule has 2 amide bonds. The zero-order valence-electron chi connectivity index (χ0n) is 22.1. The summed E-state index contributed by atoms with van der Waals surface area (Å²) in [5.74, 6) is 1.04. The standard InChI is InChI=1S/C29H40N4O4/c1-31-24(11-15-30-31)9-10-27(34)32-17-13-29(14-18-32)12-2-3-19-36-21-25-7-5-16-33(25)28(35)23-6-4-8-26(20-23)37-22-29/h4,6,8,11,15,20,25H,2-3,5,7,9-10,12-14,16-19,21-22H2,1H3/t25-/m0/s1. The first-order chi connectivity index (χ1) is 18.0. The highest BCUT2D eigenvalue weighted by Crippen LogP contribution is 2.38. The van der Waals surface area contributed by atoms with E-state index in [1.165, 1.54) is 0 Å². The molecule has 8 heteroatoms. The largest absolute Gasteiger partial charge is 0.493 e. The van der Waals surface area contributed by atoms with E-state index in [2.05, 4.69) is 5.10 Å². The maximum absolute atomic E-state index is 13.2. The molecule has 2 fully saturated rings. The molecule has 3 aliphatic heterocycles. The van der Waals surface area contributed by atoms with E-state index in [1.807, 2.05) is 51.9 Å². The predicted octanol–water partition coefficient (Wildman–Crippen LogP) is 3.85. The quantitative estimate of drug-likeness (QED) is 0.630. The Balaban J connectivity index is 1.23. The van der Waals surface area contributed by atoms with E-state index in [0.717, 1.165) is 82.6 Å². The summed E-state index contributed by atoms with van der Waals surface area (Å²) in [4.78, 5) is 30.2. The van der Waals surface area contributed by atoms with Crippen molar-refractivity contribution in [3.8, 4) is 5.75 Å². The second kappa shape index (κ2) is 11.7. The molecule has 8 nitrogen and oxygen atoms in total. The number of aromatic nitrogens is 2. The lowest BCUT2D eigenvalue weighted by molar-refractivity contribution is -0.134. The van der Waals surface area contributed by atoms with Gasteiger partial charge in [0.2, 0.25) is 5.91 Å². The molecule has 1 spiro atoms. The summed E-state index contributed by atoms with van der Waals surface area (Å²) < 4.78 is 14.2. The smallest absolute Gasteiger partial charge is 0.254 e. The fourth-order valence-corrected chi connectivity index (χ4v) is 6.06. The number of aryl methyl sites for hydroxylation is 2. The van der Waals surface area contributed by atoms with E-state index in [-0.39, 0.29) is 23.3 Å². The topological polar surface area (TPSA) is 76.9 Å². The molecule has 0 N–H and O–H groups in total. The first-order valence-corrected chi connectivity index (χ1v) is 13.9. The Labute approximate surface area is 219 Å². The van der Waals surface area contributed by atoms with Gasteiger partial charge in [-0.15, -0.1) is 0 Å².